The number of hydrogen-bond donors (Lipinski definition) is 0. The number of rotatable bonds is 5. The molecule has 0 saturated carbocycles. The molecule has 0 radical (unpaired) electrons. The number of sulfonamides is 1. The van der Waals surface area contributed by atoms with Crippen molar-refractivity contribution < 1.29 is 17.9 Å². The maximum absolute atomic E-state index is 13.1. The van der Waals surface area contributed by atoms with E-state index in [1.807, 2.05) is 41.3 Å². The normalized spacial score (nSPS) is 21.0. The molecule has 2 aliphatic rings. The summed E-state index contributed by atoms with van der Waals surface area (Å²) in [5.41, 5.74) is 2.68. The summed E-state index contributed by atoms with van der Waals surface area (Å²) in [5, 5.41) is 0. The van der Waals surface area contributed by atoms with E-state index in [9.17, 15) is 13.2 Å². The third-order valence-corrected chi connectivity index (χ3v) is 8.10. The molecule has 2 aliphatic heterocycles. The maximum atomic E-state index is 13.1. The largest absolute Gasteiger partial charge is 0.497 e. The van der Waals surface area contributed by atoms with E-state index in [0.29, 0.717) is 18.7 Å². The van der Waals surface area contributed by atoms with Crippen molar-refractivity contribution in [3.05, 3.63) is 65.7 Å². The summed E-state index contributed by atoms with van der Waals surface area (Å²) in [7, 11) is -1.54. The summed E-state index contributed by atoms with van der Waals surface area (Å²) in [5.74, 6) is 1.01. The highest BCUT2D eigenvalue weighted by Crippen LogP contribution is 2.31. The number of methoxy groups -OCH3 is 1. The van der Waals surface area contributed by atoms with Gasteiger partial charge in [0, 0.05) is 19.2 Å². The van der Waals surface area contributed by atoms with Gasteiger partial charge in [-0.3, -0.25) is 9.10 Å². The van der Waals surface area contributed by atoms with E-state index in [2.05, 4.69) is 0 Å². The first-order valence-electron chi connectivity index (χ1n) is 11.2. The van der Waals surface area contributed by atoms with Gasteiger partial charge >= 0.3 is 0 Å². The Balaban J connectivity index is 1.48. The topological polar surface area (TPSA) is 66.9 Å². The van der Waals surface area contributed by atoms with Crippen molar-refractivity contribution in [1.29, 1.82) is 0 Å². The van der Waals surface area contributed by atoms with Crippen molar-refractivity contribution in [1.82, 2.24) is 4.90 Å². The van der Waals surface area contributed by atoms with Gasteiger partial charge in [0.2, 0.25) is 15.9 Å². The SMILES string of the molecule is COc1ccc(C2CCCCCN2C(=O)/C=C/c2ccc(N3CCCS3(=O)=O)cc2)cc1. The summed E-state index contributed by atoms with van der Waals surface area (Å²) in [6.45, 7) is 1.27. The Morgan fingerprint density at radius 3 is 2.38 bits per heavy atom. The van der Waals surface area contributed by atoms with Crippen LogP contribution >= 0.6 is 0 Å². The van der Waals surface area contributed by atoms with E-state index in [0.717, 1.165) is 49.1 Å². The van der Waals surface area contributed by atoms with E-state index in [1.165, 1.54) is 4.31 Å². The van der Waals surface area contributed by atoms with E-state index in [4.69, 9.17) is 4.74 Å². The quantitative estimate of drug-likeness (QED) is 0.629. The van der Waals surface area contributed by atoms with Crippen molar-refractivity contribution in [3.8, 4) is 5.75 Å². The second-order valence-corrected chi connectivity index (χ2v) is 10.3. The Hall–Kier alpha value is -2.80. The van der Waals surface area contributed by atoms with Gasteiger partial charge in [0.05, 0.1) is 24.6 Å². The van der Waals surface area contributed by atoms with Crippen LogP contribution in [0, 0.1) is 0 Å². The molecule has 7 heteroatoms. The number of ether oxygens (including phenoxy) is 1. The standard InChI is InChI=1S/C25H30N2O4S/c1-31-23-14-10-21(11-15-23)24-6-3-2-4-17-26(24)25(28)16-9-20-7-12-22(13-8-20)27-18-5-19-32(27,29)30/h7-16,24H,2-6,17-19H2,1H3/b16-9+. The average molecular weight is 455 g/mol. The number of anilines is 1. The molecular formula is C25H30N2O4S. The van der Waals surface area contributed by atoms with Crippen molar-refractivity contribution in [2.24, 2.45) is 0 Å². The van der Waals surface area contributed by atoms with E-state index >= 15 is 0 Å². The van der Waals surface area contributed by atoms with Gasteiger partial charge in [0.1, 0.15) is 5.75 Å². The van der Waals surface area contributed by atoms with Gasteiger partial charge in [-0.2, -0.15) is 0 Å². The summed E-state index contributed by atoms with van der Waals surface area (Å²) in [6, 6.07) is 15.4. The molecule has 170 valence electrons. The minimum atomic E-state index is -3.19. The van der Waals surface area contributed by atoms with Crippen molar-refractivity contribution >= 4 is 27.7 Å². The molecule has 1 unspecified atom stereocenters. The lowest BCUT2D eigenvalue weighted by Gasteiger charge is -2.29. The van der Waals surface area contributed by atoms with Gasteiger partial charge in [-0.1, -0.05) is 37.1 Å². The van der Waals surface area contributed by atoms with Crippen LogP contribution in [0.4, 0.5) is 5.69 Å². The van der Waals surface area contributed by atoms with E-state index < -0.39 is 10.0 Å². The van der Waals surface area contributed by atoms with E-state index in [-0.39, 0.29) is 17.7 Å². The molecule has 2 aromatic rings. The number of benzene rings is 2. The van der Waals surface area contributed by atoms with E-state index in [1.54, 1.807) is 31.4 Å². The summed E-state index contributed by atoms with van der Waals surface area (Å²) in [4.78, 5) is 15.1. The number of hydrogen-bond acceptors (Lipinski definition) is 4. The Kier molecular flexibility index (Phi) is 6.84. The highest BCUT2D eigenvalue weighted by atomic mass is 32.2. The lowest BCUT2D eigenvalue weighted by atomic mass is 10.0. The molecule has 0 bridgehead atoms. The van der Waals surface area contributed by atoms with Crippen molar-refractivity contribution in [3.63, 3.8) is 0 Å². The van der Waals surface area contributed by atoms with Crippen LogP contribution in [0.5, 0.6) is 5.75 Å². The van der Waals surface area contributed by atoms with Gasteiger partial charge in [0.15, 0.2) is 0 Å². The number of carbonyl (C=O) groups excluding carboxylic acids is 1. The van der Waals surface area contributed by atoms with Crippen molar-refractivity contribution in [2.45, 2.75) is 38.1 Å². The smallest absolute Gasteiger partial charge is 0.247 e. The predicted molar refractivity (Wildman–Crippen MR) is 127 cm³/mol. The Labute approximate surface area is 190 Å². The number of likely N-dealkylation sites (tertiary alicyclic amines) is 1. The summed E-state index contributed by atoms with van der Waals surface area (Å²) < 4.78 is 30.9. The van der Waals surface area contributed by atoms with Crippen LogP contribution in [-0.2, 0) is 14.8 Å². The van der Waals surface area contributed by atoms with Crippen LogP contribution < -0.4 is 9.04 Å². The molecule has 32 heavy (non-hydrogen) atoms. The van der Waals surface area contributed by atoms with Gasteiger partial charge in [-0.25, -0.2) is 8.42 Å². The molecule has 0 spiro atoms. The fourth-order valence-corrected chi connectivity index (χ4v) is 6.05. The summed E-state index contributed by atoms with van der Waals surface area (Å²) >= 11 is 0. The van der Waals surface area contributed by atoms with Crippen molar-refractivity contribution in [2.75, 3.05) is 30.3 Å². The van der Waals surface area contributed by atoms with Crippen LogP contribution in [0.15, 0.2) is 54.6 Å². The van der Waals surface area contributed by atoms with Gasteiger partial charge in [-0.05, 0) is 60.7 Å². The van der Waals surface area contributed by atoms with Crippen LogP contribution in [0.25, 0.3) is 6.08 Å². The highest BCUT2D eigenvalue weighted by Gasteiger charge is 2.28. The predicted octanol–water partition coefficient (Wildman–Crippen LogP) is 4.39. The van der Waals surface area contributed by atoms with Gasteiger partial charge < -0.3 is 9.64 Å². The molecule has 0 N–H and O–H groups in total. The molecule has 2 saturated heterocycles. The third-order valence-electron chi connectivity index (χ3n) is 6.24. The molecular weight excluding hydrogens is 424 g/mol. The van der Waals surface area contributed by atoms with Gasteiger partial charge in [0.25, 0.3) is 0 Å². The minimum Gasteiger partial charge on any atom is -0.497 e. The molecule has 0 aromatic heterocycles. The molecule has 2 fully saturated rings. The second-order valence-electron chi connectivity index (χ2n) is 8.34. The maximum Gasteiger partial charge on any atom is 0.247 e. The number of amides is 1. The second kappa shape index (κ2) is 9.77. The molecule has 0 aliphatic carbocycles. The zero-order valence-electron chi connectivity index (χ0n) is 18.4. The van der Waals surface area contributed by atoms with Crippen LogP contribution in [0.1, 0.15) is 49.3 Å². The first kappa shape index (κ1) is 22.4. The number of nitrogens with zero attached hydrogens (tertiary/aromatic N) is 2. The highest BCUT2D eigenvalue weighted by molar-refractivity contribution is 7.93. The Morgan fingerprint density at radius 2 is 1.72 bits per heavy atom. The first-order valence-corrected chi connectivity index (χ1v) is 12.8. The Bertz CT molecular complexity index is 1060. The molecule has 2 aromatic carbocycles. The molecule has 1 atom stereocenters. The molecule has 2 heterocycles. The Morgan fingerprint density at radius 1 is 0.969 bits per heavy atom. The zero-order valence-corrected chi connectivity index (χ0v) is 19.3. The summed E-state index contributed by atoms with van der Waals surface area (Å²) in [6.07, 6.45) is 8.27. The van der Waals surface area contributed by atoms with Gasteiger partial charge in [-0.15, -0.1) is 0 Å². The molecule has 1 amide bonds. The average Bonchev–Trinajstić information content (AvgIpc) is 3.00. The third kappa shape index (κ3) is 4.99. The lowest BCUT2D eigenvalue weighted by molar-refractivity contribution is -0.128. The lowest BCUT2D eigenvalue weighted by Crippen LogP contribution is -2.33. The van der Waals surface area contributed by atoms with Crippen LogP contribution in [0.3, 0.4) is 0 Å². The minimum absolute atomic E-state index is 0.00100. The molecule has 6 nitrogen and oxygen atoms in total. The zero-order chi connectivity index (χ0) is 22.6. The van der Waals surface area contributed by atoms with Crippen LogP contribution in [-0.4, -0.2) is 45.2 Å². The number of carbonyl (C=O) groups is 1. The first-order chi connectivity index (χ1) is 15.5. The monoisotopic (exact) mass is 454 g/mol. The fraction of sp³-hybridized carbons (Fsp3) is 0.400. The molecule has 4 rings (SSSR count). The van der Waals surface area contributed by atoms with Crippen LogP contribution in [0.2, 0.25) is 0 Å². The fourth-order valence-electron chi connectivity index (χ4n) is 4.49.